The Kier molecular flexibility index (Phi) is 4.13. The predicted octanol–water partition coefficient (Wildman–Crippen LogP) is 0.954. The van der Waals surface area contributed by atoms with Gasteiger partial charge in [0.2, 0.25) is 5.91 Å². The van der Waals surface area contributed by atoms with Crippen molar-refractivity contribution in [2.75, 3.05) is 12.3 Å². The monoisotopic (exact) mass is 242 g/mol. The molecule has 1 amide bonds. The maximum atomic E-state index is 11.4. The fourth-order valence-corrected chi connectivity index (χ4v) is 1.12. The van der Waals surface area contributed by atoms with Crippen LogP contribution in [0.1, 0.15) is 16.8 Å². The Balaban J connectivity index is 2.59. The number of primary amides is 1. The highest BCUT2D eigenvalue weighted by Gasteiger charge is 2.09. The highest BCUT2D eigenvalue weighted by atomic mass is 35.5. The summed E-state index contributed by atoms with van der Waals surface area (Å²) in [6.45, 7) is -0.0449. The zero-order valence-corrected chi connectivity index (χ0v) is 9.16. The number of hydrogen-bond acceptors (Lipinski definition) is 4. The topological polar surface area (TPSA) is 95.4 Å². The molecule has 4 N–H and O–H groups in total. The molecule has 5 nitrogen and oxygen atoms in total. The van der Waals surface area contributed by atoms with Crippen molar-refractivity contribution in [1.82, 2.24) is 0 Å². The first-order valence-corrected chi connectivity index (χ1v) is 4.89. The molecule has 1 aromatic carbocycles. The summed E-state index contributed by atoms with van der Waals surface area (Å²) in [4.78, 5) is 21.8. The van der Waals surface area contributed by atoms with Crippen molar-refractivity contribution in [2.24, 2.45) is 5.73 Å². The number of halogens is 1. The van der Waals surface area contributed by atoms with Gasteiger partial charge in [0, 0.05) is 0 Å². The van der Waals surface area contributed by atoms with E-state index in [1.807, 2.05) is 0 Å². The Morgan fingerprint density at radius 2 is 2.06 bits per heavy atom. The molecule has 1 aromatic rings. The Bertz CT molecular complexity index is 421. The summed E-state index contributed by atoms with van der Waals surface area (Å²) in [5.41, 5.74) is 11.0. The molecule has 0 fully saturated rings. The first-order chi connectivity index (χ1) is 7.50. The van der Waals surface area contributed by atoms with Crippen LogP contribution in [0.15, 0.2) is 18.2 Å². The van der Waals surface area contributed by atoms with Gasteiger partial charge in [-0.05, 0) is 18.2 Å². The van der Waals surface area contributed by atoms with Crippen LogP contribution < -0.4 is 11.5 Å². The van der Waals surface area contributed by atoms with Crippen molar-refractivity contribution in [3.63, 3.8) is 0 Å². The lowest BCUT2D eigenvalue weighted by Crippen LogP contribution is -2.15. The third-order valence-corrected chi connectivity index (χ3v) is 2.16. The number of carbonyl (C=O) groups is 2. The smallest absolute Gasteiger partial charge is 0.338 e. The number of rotatable bonds is 4. The summed E-state index contributed by atoms with van der Waals surface area (Å²) in [5, 5.41) is 0.369. The average molecular weight is 243 g/mol. The fraction of sp³-hybridized carbons (Fsp3) is 0.200. The fourth-order valence-electron chi connectivity index (χ4n) is 0.998. The molecular weight excluding hydrogens is 232 g/mol. The maximum absolute atomic E-state index is 11.4. The van der Waals surface area contributed by atoms with E-state index in [4.69, 9.17) is 27.8 Å². The van der Waals surface area contributed by atoms with Gasteiger partial charge in [0.1, 0.15) is 6.61 Å². The van der Waals surface area contributed by atoms with E-state index in [0.717, 1.165) is 0 Å². The number of nitrogen functional groups attached to an aromatic ring is 1. The second kappa shape index (κ2) is 5.37. The molecule has 0 saturated heterocycles. The summed E-state index contributed by atoms with van der Waals surface area (Å²) in [6.07, 6.45) is -0.00515. The van der Waals surface area contributed by atoms with Gasteiger partial charge in [-0.15, -0.1) is 0 Å². The lowest BCUT2D eigenvalue weighted by Gasteiger charge is -2.04. The van der Waals surface area contributed by atoms with Crippen molar-refractivity contribution >= 4 is 29.2 Å². The van der Waals surface area contributed by atoms with Gasteiger partial charge in [0.05, 0.1) is 22.7 Å². The molecule has 0 atom stereocenters. The van der Waals surface area contributed by atoms with Gasteiger partial charge in [-0.2, -0.15) is 0 Å². The van der Waals surface area contributed by atoms with Crippen LogP contribution in [0, 0.1) is 0 Å². The Labute approximate surface area is 97.3 Å². The Morgan fingerprint density at radius 3 is 2.62 bits per heavy atom. The number of benzene rings is 1. The van der Waals surface area contributed by atoms with Gasteiger partial charge in [-0.25, -0.2) is 4.79 Å². The summed E-state index contributed by atoms with van der Waals surface area (Å²) in [7, 11) is 0. The quantitative estimate of drug-likeness (QED) is 0.607. The molecule has 6 heteroatoms. The average Bonchev–Trinajstić information content (AvgIpc) is 2.21. The third kappa shape index (κ3) is 3.43. The van der Waals surface area contributed by atoms with Crippen LogP contribution in [0.25, 0.3) is 0 Å². The van der Waals surface area contributed by atoms with Gasteiger partial charge >= 0.3 is 5.97 Å². The molecule has 86 valence electrons. The third-order valence-electron chi connectivity index (χ3n) is 1.81. The molecule has 16 heavy (non-hydrogen) atoms. The molecule has 0 saturated carbocycles. The summed E-state index contributed by atoms with van der Waals surface area (Å²) >= 11 is 5.69. The van der Waals surface area contributed by atoms with E-state index < -0.39 is 11.9 Å². The van der Waals surface area contributed by atoms with E-state index in [2.05, 4.69) is 0 Å². The minimum atomic E-state index is -0.565. The van der Waals surface area contributed by atoms with Crippen molar-refractivity contribution in [2.45, 2.75) is 6.42 Å². The lowest BCUT2D eigenvalue weighted by molar-refractivity contribution is -0.118. The number of hydrogen-bond donors (Lipinski definition) is 2. The summed E-state index contributed by atoms with van der Waals surface area (Å²) in [5.74, 6) is -1.09. The van der Waals surface area contributed by atoms with Gasteiger partial charge in [0.15, 0.2) is 0 Å². The number of carbonyl (C=O) groups excluding carboxylic acids is 2. The van der Waals surface area contributed by atoms with E-state index in [1.165, 1.54) is 18.2 Å². The highest BCUT2D eigenvalue weighted by molar-refractivity contribution is 6.33. The van der Waals surface area contributed by atoms with E-state index >= 15 is 0 Å². The molecule has 0 heterocycles. The predicted molar refractivity (Wildman–Crippen MR) is 60.0 cm³/mol. The van der Waals surface area contributed by atoms with Crippen molar-refractivity contribution < 1.29 is 14.3 Å². The molecule has 0 aliphatic heterocycles. The van der Waals surface area contributed by atoms with Crippen LogP contribution in [-0.4, -0.2) is 18.5 Å². The van der Waals surface area contributed by atoms with E-state index in [0.29, 0.717) is 10.7 Å². The number of nitrogens with two attached hydrogens (primary N) is 2. The first-order valence-electron chi connectivity index (χ1n) is 4.51. The Hall–Kier alpha value is -1.75. The summed E-state index contributed by atoms with van der Waals surface area (Å²) < 4.78 is 4.80. The van der Waals surface area contributed by atoms with Crippen LogP contribution in [0.2, 0.25) is 5.02 Å². The molecular formula is C10H11ClN2O3. The van der Waals surface area contributed by atoms with Crippen molar-refractivity contribution in [3.8, 4) is 0 Å². The molecule has 0 spiro atoms. The van der Waals surface area contributed by atoms with Gasteiger partial charge in [0.25, 0.3) is 0 Å². The molecule has 0 bridgehead atoms. The van der Waals surface area contributed by atoms with Crippen LogP contribution in [0.4, 0.5) is 5.69 Å². The van der Waals surface area contributed by atoms with E-state index in [-0.39, 0.29) is 18.6 Å². The minimum absolute atomic E-state index is 0.00515. The lowest BCUT2D eigenvalue weighted by atomic mass is 10.2. The van der Waals surface area contributed by atoms with Crippen LogP contribution in [-0.2, 0) is 9.53 Å². The molecule has 1 rings (SSSR count). The zero-order valence-electron chi connectivity index (χ0n) is 8.40. The molecule has 0 aliphatic carbocycles. The van der Waals surface area contributed by atoms with Gasteiger partial charge < -0.3 is 16.2 Å². The van der Waals surface area contributed by atoms with E-state index in [9.17, 15) is 9.59 Å². The number of ether oxygens (including phenoxy) is 1. The molecule has 0 unspecified atom stereocenters. The second-order valence-corrected chi connectivity index (χ2v) is 3.50. The van der Waals surface area contributed by atoms with Crippen LogP contribution in [0.3, 0.4) is 0 Å². The van der Waals surface area contributed by atoms with Crippen molar-refractivity contribution in [3.05, 3.63) is 28.8 Å². The first kappa shape index (κ1) is 12.3. The SMILES string of the molecule is NC(=O)CCOC(=O)c1ccc(Cl)c(N)c1. The van der Waals surface area contributed by atoms with E-state index in [1.54, 1.807) is 0 Å². The zero-order chi connectivity index (χ0) is 12.1. The largest absolute Gasteiger partial charge is 0.462 e. The second-order valence-electron chi connectivity index (χ2n) is 3.09. The molecule has 0 aliphatic rings. The highest BCUT2D eigenvalue weighted by Crippen LogP contribution is 2.19. The molecule has 0 aromatic heterocycles. The van der Waals surface area contributed by atoms with Crippen LogP contribution in [0.5, 0.6) is 0 Å². The standard InChI is InChI=1S/C10H11ClN2O3/c11-7-2-1-6(5-8(7)12)10(15)16-4-3-9(13)14/h1-2,5H,3-4,12H2,(H2,13,14). The minimum Gasteiger partial charge on any atom is -0.462 e. The van der Waals surface area contributed by atoms with Crippen molar-refractivity contribution in [1.29, 1.82) is 0 Å². The van der Waals surface area contributed by atoms with Gasteiger partial charge in [-0.1, -0.05) is 11.6 Å². The number of amides is 1. The summed E-state index contributed by atoms with van der Waals surface area (Å²) in [6, 6.07) is 4.40. The normalized spacial score (nSPS) is 9.81. The molecule has 0 radical (unpaired) electrons. The van der Waals surface area contributed by atoms with Gasteiger partial charge in [-0.3, -0.25) is 4.79 Å². The maximum Gasteiger partial charge on any atom is 0.338 e. The number of esters is 1. The number of anilines is 1. The van der Waals surface area contributed by atoms with Crippen LogP contribution >= 0.6 is 11.6 Å². The Morgan fingerprint density at radius 1 is 1.38 bits per heavy atom.